The fourth-order valence-electron chi connectivity index (χ4n) is 0.320. The number of aliphatic hydroxyl groups excluding tert-OH is 2. The Hall–Kier alpha value is 0.390. The van der Waals surface area contributed by atoms with Crippen LogP contribution >= 0.6 is 22.6 Å². The predicted molar refractivity (Wildman–Crippen MR) is 40.9 cm³/mol. The average molecular weight is 228 g/mol. The molecule has 0 spiro atoms. The van der Waals surface area contributed by atoms with Gasteiger partial charge in [-0.15, -0.1) is 0 Å². The van der Waals surface area contributed by atoms with Crippen LogP contribution in [0.25, 0.3) is 0 Å². The van der Waals surface area contributed by atoms with E-state index in [0.29, 0.717) is 6.42 Å². The Bertz CT molecular complexity index is 82.5. The highest BCUT2D eigenvalue weighted by Crippen LogP contribution is 2.09. The lowest BCUT2D eigenvalue weighted by Crippen LogP contribution is -2.10. The predicted octanol–water partition coefficient (Wildman–Crippen LogP) is 0.678. The minimum atomic E-state index is -0.626. The molecule has 8 heavy (non-hydrogen) atoms. The molecule has 3 heteroatoms. The third kappa shape index (κ3) is 4.55. The molecular formula is C5H9IO2. The molecule has 0 saturated carbocycles. The maximum atomic E-state index is 8.71. The first kappa shape index (κ1) is 8.39. The van der Waals surface area contributed by atoms with Gasteiger partial charge in [0.05, 0.1) is 12.7 Å². The molecule has 0 amide bonds. The van der Waals surface area contributed by atoms with Gasteiger partial charge in [-0.25, -0.2) is 0 Å². The molecule has 0 aromatic carbocycles. The molecule has 0 aliphatic carbocycles. The molecule has 0 rings (SSSR count). The fraction of sp³-hybridized carbons (Fsp3) is 0.600. The normalized spacial score (nSPS) is 13.4. The molecule has 0 saturated heterocycles. The first-order valence-electron chi connectivity index (χ1n) is 2.29. The number of hydrogen-bond donors (Lipinski definition) is 2. The molecule has 0 unspecified atom stereocenters. The van der Waals surface area contributed by atoms with Crippen LogP contribution in [0.15, 0.2) is 10.2 Å². The third-order valence-corrected chi connectivity index (χ3v) is 1.11. The summed E-state index contributed by atoms with van der Waals surface area (Å²) in [5.41, 5.74) is 0. The van der Waals surface area contributed by atoms with E-state index < -0.39 is 6.10 Å². The van der Waals surface area contributed by atoms with Crippen LogP contribution in [0.4, 0.5) is 0 Å². The van der Waals surface area contributed by atoms with Crippen LogP contribution in [0, 0.1) is 0 Å². The summed E-state index contributed by atoms with van der Waals surface area (Å²) in [5.74, 6) is 0. The molecule has 2 N–H and O–H groups in total. The highest BCUT2D eigenvalue weighted by Gasteiger charge is 2.00. The van der Waals surface area contributed by atoms with Gasteiger partial charge in [0.2, 0.25) is 0 Å². The average Bonchev–Trinajstić information content (AvgIpc) is 1.65. The maximum absolute atomic E-state index is 8.71. The molecule has 2 nitrogen and oxygen atoms in total. The lowest BCUT2D eigenvalue weighted by molar-refractivity contribution is 0.0973. The Balaban J connectivity index is 3.24. The number of halogens is 1. The van der Waals surface area contributed by atoms with Gasteiger partial charge >= 0.3 is 0 Å². The van der Waals surface area contributed by atoms with Crippen molar-refractivity contribution in [1.82, 2.24) is 0 Å². The van der Waals surface area contributed by atoms with E-state index in [0.717, 1.165) is 3.58 Å². The summed E-state index contributed by atoms with van der Waals surface area (Å²) in [7, 11) is 0. The van der Waals surface area contributed by atoms with Crippen molar-refractivity contribution in [3.63, 3.8) is 0 Å². The number of aliphatic hydroxyl groups is 2. The van der Waals surface area contributed by atoms with Gasteiger partial charge in [0.15, 0.2) is 0 Å². The van der Waals surface area contributed by atoms with Gasteiger partial charge in [-0.3, -0.25) is 0 Å². The van der Waals surface area contributed by atoms with Crippen molar-refractivity contribution in [2.24, 2.45) is 0 Å². The SMILES string of the molecule is C=C(I)C[C@H](O)CO. The second-order valence-corrected chi connectivity index (χ2v) is 3.08. The van der Waals surface area contributed by atoms with Crippen LogP contribution < -0.4 is 0 Å². The van der Waals surface area contributed by atoms with Gasteiger partial charge in [-0.1, -0.05) is 6.58 Å². The van der Waals surface area contributed by atoms with Crippen molar-refractivity contribution in [3.8, 4) is 0 Å². The van der Waals surface area contributed by atoms with Gasteiger partial charge in [-0.2, -0.15) is 0 Å². The number of rotatable bonds is 3. The second kappa shape index (κ2) is 4.29. The highest BCUT2D eigenvalue weighted by atomic mass is 127. The van der Waals surface area contributed by atoms with E-state index >= 15 is 0 Å². The molecule has 0 aliphatic rings. The van der Waals surface area contributed by atoms with Gasteiger partial charge in [-0.05, 0) is 26.2 Å². The lowest BCUT2D eigenvalue weighted by atomic mass is 10.3. The van der Waals surface area contributed by atoms with Gasteiger partial charge in [0.25, 0.3) is 0 Å². The van der Waals surface area contributed by atoms with Crippen molar-refractivity contribution in [2.75, 3.05) is 6.61 Å². The minimum absolute atomic E-state index is 0.179. The van der Waals surface area contributed by atoms with Crippen molar-refractivity contribution in [3.05, 3.63) is 10.2 Å². The second-order valence-electron chi connectivity index (χ2n) is 1.56. The van der Waals surface area contributed by atoms with Crippen LogP contribution in [0.1, 0.15) is 6.42 Å². The Morgan fingerprint density at radius 3 is 2.38 bits per heavy atom. The summed E-state index contributed by atoms with van der Waals surface area (Å²) >= 11 is 2.02. The molecular weight excluding hydrogens is 219 g/mol. The van der Waals surface area contributed by atoms with E-state index in [1.807, 2.05) is 22.6 Å². The zero-order valence-corrected chi connectivity index (χ0v) is 6.63. The zero-order valence-electron chi connectivity index (χ0n) is 4.47. The van der Waals surface area contributed by atoms with Crippen molar-refractivity contribution in [1.29, 1.82) is 0 Å². The topological polar surface area (TPSA) is 40.5 Å². The summed E-state index contributed by atoms with van der Waals surface area (Å²) in [6.07, 6.45) is -0.142. The first-order valence-corrected chi connectivity index (χ1v) is 3.37. The molecule has 0 aromatic rings. The van der Waals surface area contributed by atoms with Gasteiger partial charge < -0.3 is 10.2 Å². The van der Waals surface area contributed by atoms with E-state index in [9.17, 15) is 0 Å². The summed E-state index contributed by atoms with van der Waals surface area (Å²) < 4.78 is 0.865. The molecule has 0 fully saturated rings. The van der Waals surface area contributed by atoms with E-state index in [1.54, 1.807) is 0 Å². The summed E-state index contributed by atoms with van der Waals surface area (Å²) in [6.45, 7) is 3.38. The Kier molecular flexibility index (Phi) is 4.50. The Morgan fingerprint density at radius 1 is 1.75 bits per heavy atom. The van der Waals surface area contributed by atoms with Crippen LogP contribution in [-0.2, 0) is 0 Å². The van der Waals surface area contributed by atoms with Crippen LogP contribution in [0.5, 0.6) is 0 Å². The number of hydrogen-bond acceptors (Lipinski definition) is 2. The van der Waals surface area contributed by atoms with E-state index in [-0.39, 0.29) is 6.61 Å². The van der Waals surface area contributed by atoms with Crippen LogP contribution in [-0.4, -0.2) is 22.9 Å². The van der Waals surface area contributed by atoms with Gasteiger partial charge in [0, 0.05) is 6.42 Å². The van der Waals surface area contributed by atoms with Crippen molar-refractivity contribution in [2.45, 2.75) is 12.5 Å². The van der Waals surface area contributed by atoms with Gasteiger partial charge in [0.1, 0.15) is 0 Å². The summed E-state index contributed by atoms with van der Waals surface area (Å²) in [5, 5.41) is 17.0. The molecule has 0 aliphatic heterocycles. The van der Waals surface area contributed by atoms with Crippen molar-refractivity contribution >= 4 is 22.6 Å². The zero-order chi connectivity index (χ0) is 6.57. The molecule has 0 heterocycles. The molecule has 0 radical (unpaired) electrons. The first-order chi connectivity index (χ1) is 3.66. The standard InChI is InChI=1S/C5H9IO2/c1-4(6)2-5(8)3-7/h5,7-8H,1-3H2/t5-/m0/s1. The fourth-order valence-corrected chi connectivity index (χ4v) is 0.829. The quantitative estimate of drug-likeness (QED) is 0.697. The molecule has 0 aromatic heterocycles. The lowest BCUT2D eigenvalue weighted by Gasteiger charge is -2.02. The van der Waals surface area contributed by atoms with E-state index in [4.69, 9.17) is 10.2 Å². The minimum Gasteiger partial charge on any atom is -0.394 e. The van der Waals surface area contributed by atoms with Crippen LogP contribution in [0.3, 0.4) is 0 Å². The smallest absolute Gasteiger partial charge is 0.0815 e. The Labute approximate surface area is 62.4 Å². The third-order valence-electron chi connectivity index (χ3n) is 0.668. The molecule has 0 bridgehead atoms. The monoisotopic (exact) mass is 228 g/mol. The highest BCUT2D eigenvalue weighted by molar-refractivity contribution is 14.1. The van der Waals surface area contributed by atoms with E-state index in [1.165, 1.54) is 0 Å². The molecule has 1 atom stereocenters. The summed E-state index contributed by atoms with van der Waals surface area (Å²) in [4.78, 5) is 0. The molecule has 48 valence electrons. The van der Waals surface area contributed by atoms with Crippen molar-refractivity contribution < 1.29 is 10.2 Å². The van der Waals surface area contributed by atoms with E-state index in [2.05, 4.69) is 6.58 Å². The Morgan fingerprint density at radius 2 is 2.25 bits per heavy atom. The summed E-state index contributed by atoms with van der Waals surface area (Å²) in [6, 6.07) is 0. The largest absolute Gasteiger partial charge is 0.394 e. The van der Waals surface area contributed by atoms with Crippen LogP contribution in [0.2, 0.25) is 0 Å². The maximum Gasteiger partial charge on any atom is 0.0815 e.